The van der Waals surface area contributed by atoms with Gasteiger partial charge in [-0.2, -0.15) is 0 Å². The number of likely N-dealkylation sites (tertiary alicyclic amines) is 1. The first-order chi connectivity index (χ1) is 12.6. The summed E-state index contributed by atoms with van der Waals surface area (Å²) < 4.78 is 22.9. The Kier molecular flexibility index (Phi) is 4.62. The van der Waals surface area contributed by atoms with Gasteiger partial charge < -0.3 is 5.32 Å². The minimum atomic E-state index is -3.31. The van der Waals surface area contributed by atoms with Crippen molar-refractivity contribution in [1.29, 1.82) is 0 Å². The summed E-state index contributed by atoms with van der Waals surface area (Å²) in [6, 6.07) is 16.6. The number of carbonyl (C=O) groups excluding carboxylic acids is 1. The van der Waals surface area contributed by atoms with Crippen LogP contribution in [-0.4, -0.2) is 43.5 Å². The number of carbonyl (C=O) groups is 1. The van der Waals surface area contributed by atoms with Crippen molar-refractivity contribution in [2.45, 2.75) is 30.3 Å². The van der Waals surface area contributed by atoms with E-state index in [1.165, 1.54) is 9.87 Å². The zero-order chi connectivity index (χ0) is 18.1. The molecule has 4 rings (SSSR count). The number of benzene rings is 2. The van der Waals surface area contributed by atoms with Crippen molar-refractivity contribution in [1.82, 2.24) is 9.21 Å². The lowest BCUT2D eigenvalue weighted by Gasteiger charge is -2.51. The van der Waals surface area contributed by atoms with Gasteiger partial charge in [-0.3, -0.25) is 14.0 Å². The molecule has 0 aromatic heterocycles. The lowest BCUT2D eigenvalue weighted by Crippen LogP contribution is -2.51. The fourth-order valence-corrected chi connectivity index (χ4v) is 5.52. The molecule has 2 aliphatic rings. The van der Waals surface area contributed by atoms with Gasteiger partial charge in [-0.1, -0.05) is 53.2 Å². The number of nitrogens with zero attached hydrogens (tertiary/aromatic N) is 2. The molecular weight excluding hydrogens is 350 g/mol. The maximum Gasteiger partial charge on any atom is 0.340 e. The van der Waals surface area contributed by atoms with E-state index in [1.54, 1.807) is 24.3 Å². The predicted octanol–water partition coefficient (Wildman–Crippen LogP) is 4.22. The number of fused-ring (bicyclic) bond motifs is 1. The molecular formula is C19H23N3O3S. The van der Waals surface area contributed by atoms with Gasteiger partial charge in [-0.05, 0) is 30.5 Å². The van der Waals surface area contributed by atoms with Gasteiger partial charge in [-0.15, -0.1) is 0 Å². The topological polar surface area (TPSA) is 76.0 Å². The van der Waals surface area contributed by atoms with Gasteiger partial charge in [0.25, 0.3) is 0 Å². The highest BCUT2D eigenvalue weighted by molar-refractivity contribution is 8.23. The first kappa shape index (κ1) is 17.4. The van der Waals surface area contributed by atoms with Crippen LogP contribution >= 0.6 is 10.8 Å². The summed E-state index contributed by atoms with van der Waals surface area (Å²) in [5, 5.41) is 2.79. The van der Waals surface area contributed by atoms with Crippen LogP contribution in [0.1, 0.15) is 18.4 Å². The van der Waals surface area contributed by atoms with Gasteiger partial charge >= 0.3 is 6.03 Å². The fraction of sp³-hybridized carbons (Fsp3) is 0.316. The molecule has 2 heterocycles. The van der Waals surface area contributed by atoms with Crippen LogP contribution in [-0.2, 0) is 6.54 Å². The number of amides is 2. The average Bonchev–Trinajstić information content (AvgIpc) is 2.64. The van der Waals surface area contributed by atoms with Gasteiger partial charge in [0.1, 0.15) is 4.90 Å². The smallest absolute Gasteiger partial charge is 0.305 e. The Morgan fingerprint density at radius 2 is 1.65 bits per heavy atom. The molecule has 26 heavy (non-hydrogen) atoms. The Hall–Kier alpha value is -2.06. The second-order valence-corrected chi connectivity index (χ2v) is 8.63. The van der Waals surface area contributed by atoms with Crippen molar-refractivity contribution < 1.29 is 13.9 Å². The highest BCUT2D eigenvalue weighted by atomic mass is 32.3. The van der Waals surface area contributed by atoms with Crippen LogP contribution < -0.4 is 5.32 Å². The first-order valence-corrected chi connectivity index (χ1v) is 10.3. The number of piperidine rings is 1. The van der Waals surface area contributed by atoms with E-state index in [1.807, 2.05) is 18.2 Å². The maximum atomic E-state index is 12.5. The Balaban J connectivity index is 1.46. The van der Waals surface area contributed by atoms with Crippen LogP contribution in [0.25, 0.3) is 0 Å². The second-order valence-electron chi connectivity index (χ2n) is 6.76. The summed E-state index contributed by atoms with van der Waals surface area (Å²) in [5.74, 6) is 0. The number of hydrogen-bond donors (Lipinski definition) is 3. The third-order valence-corrected chi connectivity index (χ3v) is 6.99. The highest BCUT2D eigenvalue weighted by Crippen LogP contribution is 2.58. The third kappa shape index (κ3) is 3.19. The van der Waals surface area contributed by atoms with Crippen LogP contribution in [0.15, 0.2) is 59.5 Å². The second kappa shape index (κ2) is 6.92. The lowest BCUT2D eigenvalue weighted by atomic mass is 10.0. The summed E-state index contributed by atoms with van der Waals surface area (Å²) in [5.41, 5.74) is 1.75. The van der Waals surface area contributed by atoms with E-state index in [0.29, 0.717) is 10.6 Å². The van der Waals surface area contributed by atoms with E-state index in [-0.39, 0.29) is 6.04 Å². The number of para-hydroxylation sites is 1. The van der Waals surface area contributed by atoms with Gasteiger partial charge in [-0.25, -0.2) is 9.10 Å². The molecule has 0 spiro atoms. The van der Waals surface area contributed by atoms with Crippen LogP contribution in [0.2, 0.25) is 0 Å². The van der Waals surface area contributed by atoms with Crippen molar-refractivity contribution in [3.8, 4) is 0 Å². The third-order valence-electron chi connectivity index (χ3n) is 5.04. The Morgan fingerprint density at radius 3 is 2.38 bits per heavy atom. The molecule has 0 aliphatic carbocycles. The molecule has 2 amide bonds. The molecule has 0 radical (unpaired) electrons. The van der Waals surface area contributed by atoms with Crippen molar-refractivity contribution in [3.63, 3.8) is 0 Å². The van der Waals surface area contributed by atoms with Crippen LogP contribution in [0.5, 0.6) is 0 Å². The molecule has 7 heteroatoms. The lowest BCUT2D eigenvalue weighted by molar-refractivity contribution is 0.152. The zero-order valence-corrected chi connectivity index (χ0v) is 15.2. The first-order valence-electron chi connectivity index (χ1n) is 8.79. The summed E-state index contributed by atoms with van der Waals surface area (Å²) in [7, 11) is -3.31. The van der Waals surface area contributed by atoms with Crippen molar-refractivity contribution >= 4 is 22.5 Å². The van der Waals surface area contributed by atoms with E-state index in [0.717, 1.165) is 32.5 Å². The minimum Gasteiger partial charge on any atom is -0.305 e. The molecule has 138 valence electrons. The number of hydrogen-bond acceptors (Lipinski definition) is 4. The monoisotopic (exact) mass is 373 g/mol. The van der Waals surface area contributed by atoms with Crippen molar-refractivity contribution in [3.05, 3.63) is 60.2 Å². The van der Waals surface area contributed by atoms with E-state index < -0.39 is 16.8 Å². The number of nitrogens with one attached hydrogen (secondary N) is 1. The Morgan fingerprint density at radius 1 is 1.00 bits per heavy atom. The van der Waals surface area contributed by atoms with E-state index >= 15 is 0 Å². The van der Waals surface area contributed by atoms with E-state index in [2.05, 4.69) is 22.3 Å². The quantitative estimate of drug-likeness (QED) is 0.753. The molecule has 6 nitrogen and oxygen atoms in total. The molecule has 2 aliphatic heterocycles. The molecule has 0 atom stereocenters. The summed E-state index contributed by atoms with van der Waals surface area (Å²) in [6.07, 6.45) is 1.44. The Bertz CT molecular complexity index is 792. The minimum absolute atomic E-state index is 0.180. The van der Waals surface area contributed by atoms with Gasteiger partial charge in [0.2, 0.25) is 0 Å². The van der Waals surface area contributed by atoms with E-state index in [4.69, 9.17) is 0 Å². The molecule has 2 aromatic rings. The summed E-state index contributed by atoms with van der Waals surface area (Å²) >= 11 is 0. The fourth-order valence-electron chi connectivity index (χ4n) is 3.73. The molecule has 0 saturated carbocycles. The Labute approximate surface area is 154 Å². The highest BCUT2D eigenvalue weighted by Gasteiger charge is 2.42. The maximum absolute atomic E-state index is 12.5. The molecule has 3 N–H and O–H groups in total. The molecule has 0 bridgehead atoms. The molecule has 2 aromatic carbocycles. The van der Waals surface area contributed by atoms with Crippen LogP contribution in [0, 0.1) is 0 Å². The standard InChI is InChI=1S/C19H23N3O3S/c23-19-20-17-8-4-5-9-18(17)26(24,25)22(19)16-10-12-21(13-11-16)14-15-6-2-1-3-7-15/h1-9,16,24-25H,10-14H2,(H,20,23). The summed E-state index contributed by atoms with van der Waals surface area (Å²) in [4.78, 5) is 15.3. The average molecular weight is 373 g/mol. The number of urea groups is 1. The van der Waals surface area contributed by atoms with E-state index in [9.17, 15) is 13.9 Å². The number of rotatable bonds is 3. The van der Waals surface area contributed by atoms with Crippen molar-refractivity contribution in [2.75, 3.05) is 18.4 Å². The van der Waals surface area contributed by atoms with Gasteiger partial charge in [0.05, 0.1) is 11.7 Å². The number of anilines is 1. The summed E-state index contributed by atoms with van der Waals surface area (Å²) in [6.45, 7) is 2.51. The predicted molar refractivity (Wildman–Crippen MR) is 103 cm³/mol. The molecule has 0 unspecified atom stereocenters. The van der Waals surface area contributed by atoms with Gasteiger partial charge in [0, 0.05) is 19.6 Å². The van der Waals surface area contributed by atoms with Gasteiger partial charge in [0.15, 0.2) is 0 Å². The van der Waals surface area contributed by atoms with Crippen LogP contribution in [0.4, 0.5) is 10.5 Å². The normalized spacial score (nSPS) is 21.8. The zero-order valence-electron chi connectivity index (χ0n) is 14.4. The van der Waals surface area contributed by atoms with Crippen molar-refractivity contribution in [2.24, 2.45) is 0 Å². The largest absolute Gasteiger partial charge is 0.340 e. The molecule has 1 saturated heterocycles. The SMILES string of the molecule is O=C1Nc2ccccc2S(O)(O)N1C1CCN(Cc2ccccc2)CC1. The van der Waals surface area contributed by atoms with Crippen LogP contribution in [0.3, 0.4) is 0 Å². The molecule has 1 fully saturated rings.